The summed E-state index contributed by atoms with van der Waals surface area (Å²) in [5.41, 5.74) is 1.19. The fourth-order valence-corrected chi connectivity index (χ4v) is 2.64. The van der Waals surface area contributed by atoms with Gasteiger partial charge in [-0.15, -0.1) is 0 Å². The monoisotopic (exact) mass is 323 g/mol. The van der Waals surface area contributed by atoms with E-state index in [-0.39, 0.29) is 18.6 Å². The van der Waals surface area contributed by atoms with E-state index in [1.807, 2.05) is 0 Å². The van der Waals surface area contributed by atoms with E-state index in [0.29, 0.717) is 23.6 Å². The Hall–Kier alpha value is -2.28. The highest BCUT2D eigenvalue weighted by Gasteiger charge is 2.33. The van der Waals surface area contributed by atoms with Crippen molar-refractivity contribution < 1.29 is 28.9 Å². The Morgan fingerprint density at radius 1 is 1.22 bits per heavy atom. The zero-order valence-electron chi connectivity index (χ0n) is 13.7. The smallest absolute Gasteiger partial charge is 0.334 e. The average molecular weight is 323 g/mol. The maximum absolute atomic E-state index is 12.8. The molecule has 1 aromatic rings. The van der Waals surface area contributed by atoms with Gasteiger partial charge in [-0.1, -0.05) is 0 Å². The SMILES string of the molecule is COc1cc(C)c(C(=O)N2CC(C(=O)O)O[C@H](C)C2)cc1OC. The number of aliphatic carboxylic acids is 1. The topological polar surface area (TPSA) is 85.3 Å². The lowest BCUT2D eigenvalue weighted by Crippen LogP contribution is -2.51. The van der Waals surface area contributed by atoms with Gasteiger partial charge in [-0.3, -0.25) is 4.79 Å². The molecule has 2 atom stereocenters. The molecule has 1 aromatic carbocycles. The summed E-state index contributed by atoms with van der Waals surface area (Å²) in [7, 11) is 3.03. The zero-order chi connectivity index (χ0) is 17.1. The fraction of sp³-hybridized carbons (Fsp3) is 0.500. The Bertz CT molecular complexity index is 615. The van der Waals surface area contributed by atoms with Crippen molar-refractivity contribution in [1.82, 2.24) is 4.90 Å². The van der Waals surface area contributed by atoms with E-state index in [4.69, 9.17) is 19.3 Å². The highest BCUT2D eigenvalue weighted by Crippen LogP contribution is 2.31. The van der Waals surface area contributed by atoms with Crippen LogP contribution in [0.15, 0.2) is 12.1 Å². The molecule has 1 heterocycles. The maximum Gasteiger partial charge on any atom is 0.334 e. The van der Waals surface area contributed by atoms with Gasteiger partial charge in [-0.2, -0.15) is 0 Å². The van der Waals surface area contributed by atoms with Gasteiger partial charge < -0.3 is 24.2 Å². The molecule has 0 radical (unpaired) electrons. The fourth-order valence-electron chi connectivity index (χ4n) is 2.64. The van der Waals surface area contributed by atoms with Crippen LogP contribution in [0.5, 0.6) is 11.5 Å². The van der Waals surface area contributed by atoms with Crippen LogP contribution in [0.25, 0.3) is 0 Å². The van der Waals surface area contributed by atoms with Crippen LogP contribution < -0.4 is 9.47 Å². The third-order valence-electron chi connectivity index (χ3n) is 3.78. The molecule has 7 heteroatoms. The van der Waals surface area contributed by atoms with E-state index in [1.54, 1.807) is 26.0 Å². The zero-order valence-corrected chi connectivity index (χ0v) is 13.7. The number of nitrogens with zero attached hydrogens (tertiary/aromatic N) is 1. The van der Waals surface area contributed by atoms with E-state index in [2.05, 4.69) is 0 Å². The van der Waals surface area contributed by atoms with Crippen molar-refractivity contribution in [2.75, 3.05) is 27.3 Å². The number of hydrogen-bond acceptors (Lipinski definition) is 5. The Morgan fingerprint density at radius 3 is 2.39 bits per heavy atom. The number of aryl methyl sites for hydroxylation is 1. The van der Waals surface area contributed by atoms with E-state index in [0.717, 1.165) is 5.56 Å². The Balaban J connectivity index is 2.30. The molecule has 1 fully saturated rings. The largest absolute Gasteiger partial charge is 0.493 e. The van der Waals surface area contributed by atoms with Crippen LogP contribution >= 0.6 is 0 Å². The summed E-state index contributed by atoms with van der Waals surface area (Å²) >= 11 is 0. The number of hydrogen-bond donors (Lipinski definition) is 1. The molecular formula is C16H21NO6. The molecule has 7 nitrogen and oxygen atoms in total. The second-order valence-corrected chi connectivity index (χ2v) is 5.51. The number of methoxy groups -OCH3 is 2. The molecule has 1 aliphatic rings. The molecule has 1 unspecified atom stereocenters. The number of amides is 1. The summed E-state index contributed by atoms with van der Waals surface area (Å²) in [6.45, 7) is 3.91. The first kappa shape index (κ1) is 17.1. The van der Waals surface area contributed by atoms with Crippen LogP contribution in [0.1, 0.15) is 22.8 Å². The van der Waals surface area contributed by atoms with Crippen LogP contribution in [0, 0.1) is 6.92 Å². The summed E-state index contributed by atoms with van der Waals surface area (Å²) in [6.07, 6.45) is -1.35. The van der Waals surface area contributed by atoms with Gasteiger partial charge in [0.25, 0.3) is 5.91 Å². The van der Waals surface area contributed by atoms with Gasteiger partial charge in [0.05, 0.1) is 26.9 Å². The quantitative estimate of drug-likeness (QED) is 0.899. The third kappa shape index (κ3) is 3.56. The number of carboxylic acid groups (broad SMARTS) is 1. The number of carboxylic acids is 1. The molecular weight excluding hydrogens is 302 g/mol. The molecule has 0 aromatic heterocycles. The number of benzene rings is 1. The average Bonchev–Trinajstić information content (AvgIpc) is 2.53. The van der Waals surface area contributed by atoms with E-state index >= 15 is 0 Å². The highest BCUT2D eigenvalue weighted by atomic mass is 16.5. The molecule has 0 saturated carbocycles. The summed E-state index contributed by atoms with van der Waals surface area (Å²) < 4.78 is 15.8. The number of ether oxygens (including phenoxy) is 3. The van der Waals surface area contributed by atoms with Crippen molar-refractivity contribution in [2.45, 2.75) is 26.1 Å². The third-order valence-corrected chi connectivity index (χ3v) is 3.78. The van der Waals surface area contributed by atoms with Crippen LogP contribution in [0.3, 0.4) is 0 Å². The maximum atomic E-state index is 12.8. The van der Waals surface area contributed by atoms with Gasteiger partial charge in [-0.05, 0) is 31.5 Å². The number of carbonyl (C=O) groups excluding carboxylic acids is 1. The van der Waals surface area contributed by atoms with E-state index < -0.39 is 12.1 Å². The van der Waals surface area contributed by atoms with Crippen molar-refractivity contribution in [3.63, 3.8) is 0 Å². The molecule has 1 amide bonds. The molecule has 23 heavy (non-hydrogen) atoms. The molecule has 1 saturated heterocycles. The first-order chi connectivity index (χ1) is 10.9. The Kier molecular flexibility index (Phi) is 5.10. The second kappa shape index (κ2) is 6.87. The minimum absolute atomic E-state index is 0.0201. The molecule has 2 rings (SSSR count). The molecule has 0 bridgehead atoms. The Labute approximate surface area is 134 Å². The minimum Gasteiger partial charge on any atom is -0.493 e. The van der Waals surface area contributed by atoms with Gasteiger partial charge in [-0.25, -0.2) is 4.79 Å². The van der Waals surface area contributed by atoms with Crippen LogP contribution in [0.4, 0.5) is 0 Å². The summed E-state index contributed by atoms with van der Waals surface area (Å²) in [4.78, 5) is 25.4. The lowest BCUT2D eigenvalue weighted by atomic mass is 10.0. The van der Waals surface area contributed by atoms with Gasteiger partial charge >= 0.3 is 5.97 Å². The molecule has 0 aliphatic carbocycles. The van der Waals surface area contributed by atoms with Crippen LogP contribution in [-0.4, -0.2) is 61.4 Å². The lowest BCUT2D eigenvalue weighted by molar-refractivity contribution is -0.160. The van der Waals surface area contributed by atoms with Crippen molar-refractivity contribution in [2.24, 2.45) is 0 Å². The summed E-state index contributed by atoms with van der Waals surface area (Å²) in [5.74, 6) is -0.318. The highest BCUT2D eigenvalue weighted by molar-refractivity contribution is 5.97. The molecule has 0 spiro atoms. The van der Waals surface area contributed by atoms with Crippen LogP contribution in [0.2, 0.25) is 0 Å². The number of rotatable bonds is 4. The first-order valence-electron chi connectivity index (χ1n) is 7.27. The number of morpholine rings is 1. The van der Waals surface area contributed by atoms with Crippen molar-refractivity contribution >= 4 is 11.9 Å². The van der Waals surface area contributed by atoms with E-state index in [9.17, 15) is 9.59 Å². The molecule has 126 valence electrons. The first-order valence-corrected chi connectivity index (χ1v) is 7.27. The summed E-state index contributed by atoms with van der Waals surface area (Å²) in [5, 5.41) is 9.13. The number of carbonyl (C=O) groups is 2. The molecule has 1 aliphatic heterocycles. The minimum atomic E-state index is -1.07. The lowest BCUT2D eigenvalue weighted by Gasteiger charge is -2.35. The standard InChI is InChI=1S/C16H21NO6/c1-9-5-12(21-3)13(22-4)6-11(9)15(18)17-7-10(2)23-14(8-17)16(19)20/h5-6,10,14H,7-8H2,1-4H3,(H,19,20)/t10-,14?/m1/s1. The van der Waals surface area contributed by atoms with Crippen molar-refractivity contribution in [3.05, 3.63) is 23.3 Å². The Morgan fingerprint density at radius 2 is 1.83 bits per heavy atom. The van der Waals surface area contributed by atoms with Gasteiger partial charge in [0, 0.05) is 12.1 Å². The predicted octanol–water partition coefficient (Wildman–Crippen LogP) is 1.33. The van der Waals surface area contributed by atoms with E-state index in [1.165, 1.54) is 19.1 Å². The van der Waals surface area contributed by atoms with Crippen molar-refractivity contribution in [1.29, 1.82) is 0 Å². The molecule has 1 N–H and O–H groups in total. The predicted molar refractivity (Wildman–Crippen MR) is 82.2 cm³/mol. The summed E-state index contributed by atoms with van der Waals surface area (Å²) in [6, 6.07) is 3.34. The van der Waals surface area contributed by atoms with Gasteiger partial charge in [0.1, 0.15) is 0 Å². The van der Waals surface area contributed by atoms with Crippen LogP contribution in [-0.2, 0) is 9.53 Å². The van der Waals surface area contributed by atoms with Gasteiger partial charge in [0.15, 0.2) is 17.6 Å². The van der Waals surface area contributed by atoms with Crippen molar-refractivity contribution in [3.8, 4) is 11.5 Å². The van der Waals surface area contributed by atoms with Gasteiger partial charge in [0.2, 0.25) is 0 Å². The normalized spacial score (nSPS) is 21.0. The second-order valence-electron chi connectivity index (χ2n) is 5.51.